The molecule has 0 spiro atoms. The molecule has 210 valence electrons. The molecule has 1 aromatic heterocycles. The highest BCUT2D eigenvalue weighted by Gasteiger charge is 2.20. The van der Waals surface area contributed by atoms with Crippen LogP contribution < -0.4 is 27.0 Å². The summed E-state index contributed by atoms with van der Waals surface area (Å²) in [6.45, 7) is 5.60. The Morgan fingerprint density at radius 2 is 1.74 bits per heavy atom. The van der Waals surface area contributed by atoms with Crippen molar-refractivity contribution in [2.45, 2.75) is 57.6 Å². The van der Waals surface area contributed by atoms with Crippen LogP contribution in [0.5, 0.6) is 0 Å². The minimum atomic E-state index is -0.229. The molecule has 0 atom stereocenters. The van der Waals surface area contributed by atoms with Gasteiger partial charge in [-0.05, 0) is 50.3 Å². The number of hydrogen-bond acceptors (Lipinski definition) is 11. The number of nitrogens with two attached hydrogens (primary N) is 1. The number of aliphatic hydroxyl groups is 1. The third-order valence-electron chi connectivity index (χ3n) is 6.03. The molecule has 1 aromatic carbocycles. The van der Waals surface area contributed by atoms with Gasteiger partial charge in [0.05, 0.1) is 32.5 Å². The molecule has 38 heavy (non-hydrogen) atoms. The zero-order valence-electron chi connectivity index (χ0n) is 22.2. The maximum Gasteiger partial charge on any atom is 0.251 e. The summed E-state index contributed by atoms with van der Waals surface area (Å²) in [6.07, 6.45) is 5.08. The van der Waals surface area contributed by atoms with E-state index < -0.39 is 0 Å². The topological polar surface area (TPSA) is 169 Å². The van der Waals surface area contributed by atoms with Gasteiger partial charge in [-0.25, -0.2) is 0 Å². The molecule has 1 fully saturated rings. The van der Waals surface area contributed by atoms with Gasteiger partial charge >= 0.3 is 0 Å². The number of rotatable bonds is 17. The van der Waals surface area contributed by atoms with E-state index in [1.807, 2.05) is 6.07 Å². The fourth-order valence-electron chi connectivity index (χ4n) is 3.97. The number of amides is 1. The first kappa shape index (κ1) is 29.5. The van der Waals surface area contributed by atoms with Crippen LogP contribution in [-0.2, 0) is 9.47 Å². The fraction of sp³-hybridized carbons (Fsp3) is 0.615. The predicted molar refractivity (Wildman–Crippen MR) is 148 cm³/mol. The van der Waals surface area contributed by atoms with Gasteiger partial charge in [0, 0.05) is 36.9 Å². The summed E-state index contributed by atoms with van der Waals surface area (Å²) < 4.78 is 10.7. The van der Waals surface area contributed by atoms with E-state index >= 15 is 0 Å². The van der Waals surface area contributed by atoms with Crippen LogP contribution in [0, 0.1) is 0 Å². The highest BCUT2D eigenvalue weighted by atomic mass is 16.5. The molecular weight excluding hydrogens is 488 g/mol. The first-order valence-electron chi connectivity index (χ1n) is 13.5. The molecule has 1 amide bonds. The predicted octanol–water partition coefficient (Wildman–Crippen LogP) is 2.26. The molecule has 3 rings (SSSR count). The van der Waals surface area contributed by atoms with E-state index in [2.05, 4.69) is 43.1 Å². The number of carbonyl (C=O) groups is 1. The number of anilines is 4. The van der Waals surface area contributed by atoms with Gasteiger partial charge in [0.1, 0.15) is 0 Å². The smallest absolute Gasteiger partial charge is 0.251 e. The van der Waals surface area contributed by atoms with E-state index in [9.17, 15) is 9.90 Å². The van der Waals surface area contributed by atoms with E-state index in [0.717, 1.165) is 45.1 Å². The molecule has 12 heteroatoms. The van der Waals surface area contributed by atoms with Crippen LogP contribution in [0.3, 0.4) is 0 Å². The maximum atomic E-state index is 12.6. The highest BCUT2D eigenvalue weighted by Crippen LogP contribution is 2.23. The van der Waals surface area contributed by atoms with Crippen LogP contribution in [0.25, 0.3) is 0 Å². The van der Waals surface area contributed by atoms with Crippen LogP contribution in [-0.4, -0.2) is 84.2 Å². The average Bonchev–Trinajstić information content (AvgIpc) is 2.91. The summed E-state index contributed by atoms with van der Waals surface area (Å²) in [4.78, 5) is 26.2. The van der Waals surface area contributed by atoms with Crippen LogP contribution in [0.4, 0.5) is 23.5 Å². The van der Waals surface area contributed by atoms with Gasteiger partial charge in [-0.2, -0.15) is 15.0 Å². The lowest BCUT2D eigenvalue weighted by Crippen LogP contribution is -2.29. The van der Waals surface area contributed by atoms with Gasteiger partial charge in [0.15, 0.2) is 0 Å². The molecule has 7 N–H and O–H groups in total. The molecule has 0 unspecified atom stereocenters. The lowest BCUT2D eigenvalue weighted by atomic mass is 9.93. The quantitative estimate of drug-likeness (QED) is 0.166. The molecule has 0 aliphatic heterocycles. The Morgan fingerprint density at radius 1 is 1.00 bits per heavy atom. The molecule has 0 bridgehead atoms. The SMILES string of the molecule is CCCCNc1nc(Nc2cccc(C(=O)NCCOCCOCCN)c2)nc(NC2CCC(O)CC2)n1. The van der Waals surface area contributed by atoms with Gasteiger partial charge in [0.2, 0.25) is 17.8 Å². The molecule has 1 heterocycles. The molecule has 1 aliphatic rings. The Hall–Kier alpha value is -3.06. The number of carbonyl (C=O) groups excluding carboxylic acids is 1. The Bertz CT molecular complexity index is 972. The van der Waals surface area contributed by atoms with Crippen molar-refractivity contribution in [3.63, 3.8) is 0 Å². The van der Waals surface area contributed by atoms with Crippen molar-refractivity contribution in [2.24, 2.45) is 5.73 Å². The van der Waals surface area contributed by atoms with Gasteiger partial charge in [-0.3, -0.25) is 4.79 Å². The second-order valence-electron chi connectivity index (χ2n) is 9.21. The Kier molecular flexibility index (Phi) is 13.0. The fourth-order valence-corrected chi connectivity index (χ4v) is 3.97. The summed E-state index contributed by atoms with van der Waals surface area (Å²) in [5.74, 6) is 1.14. The van der Waals surface area contributed by atoms with Crippen molar-refractivity contribution in [1.82, 2.24) is 20.3 Å². The second-order valence-corrected chi connectivity index (χ2v) is 9.21. The number of aliphatic hydroxyl groups excluding tert-OH is 1. The molecule has 0 saturated heterocycles. The zero-order chi connectivity index (χ0) is 27.0. The van der Waals surface area contributed by atoms with Gasteiger partial charge in [-0.1, -0.05) is 19.4 Å². The second kappa shape index (κ2) is 16.7. The molecule has 1 aliphatic carbocycles. The number of benzene rings is 1. The number of unbranched alkanes of at least 4 members (excludes halogenated alkanes) is 1. The zero-order valence-corrected chi connectivity index (χ0v) is 22.2. The standard InChI is InChI=1S/C26H42N8O4/c1-2-3-12-29-24-32-25(30-20-7-9-22(35)10-8-20)34-26(33-24)31-21-6-4-5-19(18-21)23(36)28-13-15-38-17-16-37-14-11-27/h4-6,18,20,22,35H,2-3,7-17,27H2,1H3,(H,28,36)(H3,29,30,31,32,33,34). The summed E-state index contributed by atoms with van der Waals surface area (Å²) in [5, 5.41) is 22.5. The largest absolute Gasteiger partial charge is 0.393 e. The van der Waals surface area contributed by atoms with Gasteiger partial charge in [0.25, 0.3) is 5.91 Å². The van der Waals surface area contributed by atoms with E-state index in [0.29, 0.717) is 68.6 Å². The summed E-state index contributed by atoms with van der Waals surface area (Å²) >= 11 is 0. The molecule has 0 radical (unpaired) electrons. The summed E-state index contributed by atoms with van der Waals surface area (Å²) in [5.41, 5.74) is 6.56. The Labute approximate surface area is 224 Å². The normalized spacial score (nSPS) is 17.1. The number of nitrogens with one attached hydrogen (secondary N) is 4. The first-order valence-corrected chi connectivity index (χ1v) is 13.5. The van der Waals surface area contributed by atoms with Crippen molar-refractivity contribution in [3.8, 4) is 0 Å². The average molecular weight is 531 g/mol. The maximum absolute atomic E-state index is 12.6. The first-order chi connectivity index (χ1) is 18.6. The van der Waals surface area contributed by atoms with Crippen molar-refractivity contribution in [2.75, 3.05) is 62.0 Å². The number of hydrogen-bond donors (Lipinski definition) is 6. The van der Waals surface area contributed by atoms with Gasteiger partial charge < -0.3 is 41.6 Å². The van der Waals surface area contributed by atoms with E-state index in [-0.39, 0.29) is 18.1 Å². The molecular formula is C26H42N8O4. The monoisotopic (exact) mass is 530 g/mol. The van der Waals surface area contributed by atoms with Crippen LogP contribution >= 0.6 is 0 Å². The molecule has 1 saturated carbocycles. The van der Waals surface area contributed by atoms with Crippen molar-refractivity contribution < 1.29 is 19.4 Å². The molecule has 2 aromatic rings. The van der Waals surface area contributed by atoms with E-state index in [1.54, 1.807) is 18.2 Å². The third kappa shape index (κ3) is 10.7. The minimum Gasteiger partial charge on any atom is -0.393 e. The third-order valence-corrected chi connectivity index (χ3v) is 6.03. The Morgan fingerprint density at radius 3 is 2.50 bits per heavy atom. The summed E-state index contributed by atoms with van der Waals surface area (Å²) in [6, 6.07) is 7.35. The Balaban J connectivity index is 1.58. The van der Waals surface area contributed by atoms with Crippen LogP contribution in [0.15, 0.2) is 24.3 Å². The molecule has 12 nitrogen and oxygen atoms in total. The van der Waals surface area contributed by atoms with Crippen molar-refractivity contribution >= 4 is 29.4 Å². The van der Waals surface area contributed by atoms with Crippen molar-refractivity contribution in [1.29, 1.82) is 0 Å². The lowest BCUT2D eigenvalue weighted by Gasteiger charge is -2.26. The number of aromatic nitrogens is 3. The summed E-state index contributed by atoms with van der Waals surface area (Å²) in [7, 11) is 0. The lowest BCUT2D eigenvalue weighted by molar-refractivity contribution is 0.0511. The minimum absolute atomic E-state index is 0.198. The van der Waals surface area contributed by atoms with Crippen molar-refractivity contribution in [3.05, 3.63) is 29.8 Å². The van der Waals surface area contributed by atoms with E-state index in [1.165, 1.54) is 0 Å². The highest BCUT2D eigenvalue weighted by molar-refractivity contribution is 5.95. The van der Waals surface area contributed by atoms with E-state index in [4.69, 9.17) is 15.2 Å². The number of nitrogens with zero attached hydrogens (tertiary/aromatic N) is 3. The number of ether oxygens (including phenoxy) is 2. The van der Waals surface area contributed by atoms with Crippen LogP contribution in [0.2, 0.25) is 0 Å². The van der Waals surface area contributed by atoms with Crippen LogP contribution in [0.1, 0.15) is 55.8 Å². The van der Waals surface area contributed by atoms with Gasteiger partial charge in [-0.15, -0.1) is 0 Å².